The van der Waals surface area contributed by atoms with Crippen LogP contribution < -0.4 is 9.64 Å². The second kappa shape index (κ2) is 8.87. The molecule has 0 amide bonds. The third-order valence-corrected chi connectivity index (χ3v) is 7.32. The first-order chi connectivity index (χ1) is 16.7. The van der Waals surface area contributed by atoms with Crippen molar-refractivity contribution >= 4 is 45.4 Å². The second-order valence-corrected chi connectivity index (χ2v) is 9.73. The number of hydrogen-bond donors (Lipinski definition) is 0. The summed E-state index contributed by atoms with van der Waals surface area (Å²) in [4.78, 5) is 10.9. The Morgan fingerprint density at radius 1 is 1.00 bits per heavy atom. The highest BCUT2D eigenvalue weighted by Gasteiger charge is 2.24. The molecular formula is C25H23ClN6OS. The van der Waals surface area contributed by atoms with E-state index in [0.29, 0.717) is 5.02 Å². The summed E-state index contributed by atoms with van der Waals surface area (Å²) in [5.74, 6) is 2.58. The zero-order valence-corrected chi connectivity index (χ0v) is 20.3. The molecule has 34 heavy (non-hydrogen) atoms. The molecule has 2 aromatic carbocycles. The van der Waals surface area contributed by atoms with Gasteiger partial charge in [-0.3, -0.25) is 4.90 Å². The van der Waals surface area contributed by atoms with Crippen molar-refractivity contribution in [2.45, 2.75) is 6.54 Å². The van der Waals surface area contributed by atoms with Gasteiger partial charge < -0.3 is 9.64 Å². The molecule has 0 saturated carbocycles. The van der Waals surface area contributed by atoms with Gasteiger partial charge in [0.2, 0.25) is 5.95 Å². The number of aromatic nitrogens is 4. The number of fused-ring (bicyclic) bond motifs is 3. The number of nitrogens with zero attached hydrogens (tertiary/aromatic N) is 6. The fraction of sp³-hybridized carbons (Fsp3) is 0.240. The lowest BCUT2D eigenvalue weighted by atomic mass is 10.2. The van der Waals surface area contributed by atoms with Gasteiger partial charge in [0, 0.05) is 43.1 Å². The van der Waals surface area contributed by atoms with Crippen molar-refractivity contribution in [1.29, 1.82) is 0 Å². The van der Waals surface area contributed by atoms with Crippen molar-refractivity contribution < 1.29 is 4.74 Å². The first kappa shape index (κ1) is 21.3. The fourth-order valence-corrected chi connectivity index (χ4v) is 5.37. The topological polar surface area (TPSA) is 58.8 Å². The lowest BCUT2D eigenvalue weighted by Gasteiger charge is -2.35. The Morgan fingerprint density at radius 3 is 2.68 bits per heavy atom. The van der Waals surface area contributed by atoms with Crippen LogP contribution >= 0.6 is 22.9 Å². The number of methoxy groups -OCH3 is 1. The molecule has 7 nitrogen and oxygen atoms in total. The molecule has 0 bridgehead atoms. The summed E-state index contributed by atoms with van der Waals surface area (Å²) in [5, 5.41) is 12.8. The van der Waals surface area contributed by atoms with Gasteiger partial charge in [-0.25, -0.2) is 9.38 Å². The van der Waals surface area contributed by atoms with E-state index < -0.39 is 0 Å². The second-order valence-electron chi connectivity index (χ2n) is 8.35. The molecular weight excluding hydrogens is 468 g/mol. The Balaban J connectivity index is 1.34. The minimum Gasteiger partial charge on any atom is -0.497 e. The molecule has 1 saturated heterocycles. The summed E-state index contributed by atoms with van der Waals surface area (Å²) in [6.45, 7) is 4.49. The van der Waals surface area contributed by atoms with E-state index in [0.717, 1.165) is 71.7 Å². The SMILES string of the molecule is COc1cccc(CN2CCN(c3nc4cc(Cl)ccc4c4nnc(-c5cccs5)n34)CC2)c1. The Kier molecular flexibility index (Phi) is 5.57. The van der Waals surface area contributed by atoms with Crippen LogP contribution in [0.4, 0.5) is 5.95 Å². The third kappa shape index (κ3) is 3.87. The molecule has 0 aliphatic carbocycles. The highest BCUT2D eigenvalue weighted by molar-refractivity contribution is 7.13. The summed E-state index contributed by atoms with van der Waals surface area (Å²) in [5.41, 5.74) is 2.89. The van der Waals surface area contributed by atoms with E-state index >= 15 is 0 Å². The molecule has 3 aromatic heterocycles. The minimum atomic E-state index is 0.663. The molecule has 1 aliphatic heterocycles. The highest BCUT2D eigenvalue weighted by Crippen LogP contribution is 2.32. The predicted octanol–water partition coefficient (Wildman–Crippen LogP) is 4.99. The molecule has 172 valence electrons. The van der Waals surface area contributed by atoms with Crippen molar-refractivity contribution in [3.8, 4) is 16.5 Å². The van der Waals surface area contributed by atoms with E-state index in [1.807, 2.05) is 36.4 Å². The monoisotopic (exact) mass is 490 g/mol. The van der Waals surface area contributed by atoms with Crippen LogP contribution in [-0.2, 0) is 6.54 Å². The molecule has 6 rings (SSSR count). The van der Waals surface area contributed by atoms with Gasteiger partial charge in [0.1, 0.15) is 5.75 Å². The van der Waals surface area contributed by atoms with Gasteiger partial charge in [0.15, 0.2) is 11.5 Å². The average molecular weight is 491 g/mol. The molecule has 4 heterocycles. The van der Waals surface area contributed by atoms with Crippen molar-refractivity contribution in [3.05, 3.63) is 70.6 Å². The first-order valence-electron chi connectivity index (χ1n) is 11.2. The number of hydrogen-bond acceptors (Lipinski definition) is 7. The first-order valence-corrected chi connectivity index (χ1v) is 12.4. The predicted molar refractivity (Wildman–Crippen MR) is 137 cm³/mol. The maximum atomic E-state index is 6.30. The Bertz CT molecular complexity index is 1460. The zero-order chi connectivity index (χ0) is 23.1. The third-order valence-electron chi connectivity index (χ3n) is 6.22. The number of benzene rings is 2. The molecule has 0 radical (unpaired) electrons. The number of rotatable bonds is 5. The maximum absolute atomic E-state index is 6.30. The van der Waals surface area contributed by atoms with Crippen LogP contribution in [0.3, 0.4) is 0 Å². The smallest absolute Gasteiger partial charge is 0.213 e. The summed E-state index contributed by atoms with van der Waals surface area (Å²) in [6.07, 6.45) is 0. The van der Waals surface area contributed by atoms with Crippen molar-refractivity contribution in [2.24, 2.45) is 0 Å². The number of halogens is 1. The van der Waals surface area contributed by atoms with E-state index in [1.165, 1.54) is 5.56 Å². The highest BCUT2D eigenvalue weighted by atomic mass is 35.5. The summed E-state index contributed by atoms with van der Waals surface area (Å²) >= 11 is 7.96. The molecule has 1 aliphatic rings. The Morgan fingerprint density at radius 2 is 1.88 bits per heavy atom. The van der Waals surface area contributed by atoms with Gasteiger partial charge in [0.05, 0.1) is 17.5 Å². The minimum absolute atomic E-state index is 0.663. The maximum Gasteiger partial charge on any atom is 0.213 e. The van der Waals surface area contributed by atoms with Crippen LogP contribution in [-0.4, -0.2) is 57.8 Å². The lowest BCUT2D eigenvalue weighted by molar-refractivity contribution is 0.248. The van der Waals surface area contributed by atoms with Gasteiger partial charge in [-0.2, -0.15) is 0 Å². The quantitative estimate of drug-likeness (QED) is 0.346. The molecule has 1 fully saturated rings. The standard InChI is InChI=1S/C25H23ClN6OS/c1-33-19-5-2-4-17(14-19)16-30-9-11-31(12-10-30)25-27-21-15-18(26)7-8-20(21)23-28-29-24(32(23)25)22-6-3-13-34-22/h2-8,13-15H,9-12,16H2,1H3. The van der Waals surface area contributed by atoms with Crippen LogP contribution in [0.5, 0.6) is 5.75 Å². The van der Waals surface area contributed by atoms with Gasteiger partial charge >= 0.3 is 0 Å². The largest absolute Gasteiger partial charge is 0.497 e. The molecule has 0 N–H and O–H groups in total. The van der Waals surface area contributed by atoms with E-state index in [4.69, 9.17) is 21.3 Å². The molecule has 5 aromatic rings. The van der Waals surface area contributed by atoms with Crippen LogP contribution in [0.25, 0.3) is 27.3 Å². The normalized spacial score (nSPS) is 14.8. The van der Waals surface area contributed by atoms with Crippen LogP contribution in [0.2, 0.25) is 5.02 Å². The lowest BCUT2D eigenvalue weighted by Crippen LogP contribution is -2.46. The van der Waals surface area contributed by atoms with Gasteiger partial charge in [-0.05, 0) is 47.3 Å². The van der Waals surface area contributed by atoms with Crippen molar-refractivity contribution in [1.82, 2.24) is 24.5 Å². The van der Waals surface area contributed by atoms with E-state index in [2.05, 4.69) is 48.0 Å². The van der Waals surface area contributed by atoms with Crippen molar-refractivity contribution in [3.63, 3.8) is 0 Å². The van der Waals surface area contributed by atoms with Crippen LogP contribution in [0.1, 0.15) is 5.56 Å². The zero-order valence-electron chi connectivity index (χ0n) is 18.7. The van der Waals surface area contributed by atoms with E-state index in [-0.39, 0.29) is 0 Å². The van der Waals surface area contributed by atoms with Crippen LogP contribution in [0.15, 0.2) is 60.0 Å². The van der Waals surface area contributed by atoms with Gasteiger partial charge in [-0.1, -0.05) is 29.8 Å². The Labute approximate surface area is 206 Å². The Hall–Kier alpha value is -3.20. The van der Waals surface area contributed by atoms with Gasteiger partial charge in [0.25, 0.3) is 0 Å². The number of ether oxygens (including phenoxy) is 1. The number of thiophene rings is 1. The number of anilines is 1. The van der Waals surface area contributed by atoms with Crippen LogP contribution in [0, 0.1) is 0 Å². The molecule has 0 atom stereocenters. The van der Waals surface area contributed by atoms with E-state index in [1.54, 1.807) is 18.4 Å². The summed E-state index contributed by atoms with van der Waals surface area (Å²) in [6, 6.07) is 18.1. The summed E-state index contributed by atoms with van der Waals surface area (Å²) in [7, 11) is 1.71. The van der Waals surface area contributed by atoms with Gasteiger partial charge in [-0.15, -0.1) is 21.5 Å². The van der Waals surface area contributed by atoms with Crippen molar-refractivity contribution in [2.75, 3.05) is 38.2 Å². The number of piperazine rings is 1. The summed E-state index contributed by atoms with van der Waals surface area (Å²) < 4.78 is 7.48. The molecule has 0 unspecified atom stereocenters. The molecule has 0 spiro atoms. The fourth-order valence-electron chi connectivity index (χ4n) is 4.50. The average Bonchev–Trinajstić information content (AvgIpc) is 3.54. The van der Waals surface area contributed by atoms with E-state index in [9.17, 15) is 0 Å². The molecule has 9 heteroatoms.